The van der Waals surface area contributed by atoms with Gasteiger partial charge in [-0.3, -0.25) is 4.99 Å². The number of aliphatic imine (C=N–C) groups is 1. The van der Waals surface area contributed by atoms with Crippen molar-refractivity contribution < 1.29 is 4.79 Å². The summed E-state index contributed by atoms with van der Waals surface area (Å²) < 4.78 is 0. The van der Waals surface area contributed by atoms with Gasteiger partial charge < -0.3 is 15.5 Å². The van der Waals surface area contributed by atoms with E-state index < -0.39 is 0 Å². The summed E-state index contributed by atoms with van der Waals surface area (Å²) in [6.45, 7) is 7.25. The lowest BCUT2D eigenvalue weighted by molar-refractivity contribution is 0.170. The van der Waals surface area contributed by atoms with Gasteiger partial charge in [-0.1, -0.05) is 30.3 Å². The van der Waals surface area contributed by atoms with Crippen molar-refractivity contribution in [1.29, 1.82) is 0 Å². The maximum absolute atomic E-state index is 13.1. The van der Waals surface area contributed by atoms with Crippen LogP contribution in [-0.4, -0.2) is 51.4 Å². The number of nitrogens with zero attached hydrogens (tertiary/aromatic N) is 4. The Hall–Kier alpha value is -3.22. The van der Waals surface area contributed by atoms with Crippen molar-refractivity contribution in [2.24, 2.45) is 4.99 Å². The molecule has 0 spiro atoms. The van der Waals surface area contributed by atoms with E-state index in [-0.39, 0.29) is 17.6 Å². The van der Waals surface area contributed by atoms with Gasteiger partial charge in [0.1, 0.15) is 5.84 Å². The monoisotopic (exact) mass is 402 g/mol. The third-order valence-electron chi connectivity index (χ3n) is 6.37. The summed E-state index contributed by atoms with van der Waals surface area (Å²) in [5.41, 5.74) is 4.07. The Balaban J connectivity index is 1.26. The van der Waals surface area contributed by atoms with Crippen molar-refractivity contribution in [1.82, 2.24) is 20.2 Å². The van der Waals surface area contributed by atoms with Crippen LogP contribution in [0.1, 0.15) is 37.4 Å². The largest absolute Gasteiger partial charge is 0.335 e. The van der Waals surface area contributed by atoms with Crippen molar-refractivity contribution in [2.45, 2.75) is 44.7 Å². The molecule has 0 saturated heterocycles. The molecule has 1 saturated carbocycles. The third kappa shape index (κ3) is 3.24. The zero-order valence-corrected chi connectivity index (χ0v) is 17.5. The van der Waals surface area contributed by atoms with Crippen molar-refractivity contribution in [3.8, 4) is 0 Å². The van der Waals surface area contributed by atoms with Gasteiger partial charge in [0, 0.05) is 29.4 Å². The molecule has 5 rings (SSSR count). The Morgan fingerprint density at radius 3 is 2.77 bits per heavy atom. The molecule has 2 N–H and O–H groups in total. The first-order valence-corrected chi connectivity index (χ1v) is 10.4. The Morgan fingerprint density at radius 1 is 1.20 bits per heavy atom. The summed E-state index contributed by atoms with van der Waals surface area (Å²) >= 11 is 0. The SMILES string of the molecule is Cc1ccnc(NC2=NCC3=C2CN(C(=O)NC2C[C@@H]2c2ccccc2)C3(C)C)n1. The summed E-state index contributed by atoms with van der Waals surface area (Å²) in [6, 6.07) is 12.4. The lowest BCUT2D eigenvalue weighted by Crippen LogP contribution is -2.51. The second-order valence-corrected chi connectivity index (χ2v) is 8.72. The van der Waals surface area contributed by atoms with Gasteiger partial charge in [0.15, 0.2) is 0 Å². The van der Waals surface area contributed by atoms with Crippen LogP contribution in [0, 0.1) is 6.92 Å². The van der Waals surface area contributed by atoms with E-state index in [4.69, 9.17) is 0 Å². The van der Waals surface area contributed by atoms with Crippen LogP contribution >= 0.6 is 0 Å². The number of carbonyl (C=O) groups is 1. The average molecular weight is 403 g/mol. The van der Waals surface area contributed by atoms with Crippen LogP contribution in [0.2, 0.25) is 0 Å². The highest BCUT2D eigenvalue weighted by atomic mass is 16.2. The fourth-order valence-corrected chi connectivity index (χ4v) is 4.46. The fraction of sp³-hybridized carbons (Fsp3) is 0.391. The van der Waals surface area contributed by atoms with Crippen LogP contribution in [0.3, 0.4) is 0 Å². The molecule has 1 unspecified atom stereocenters. The number of amides is 2. The van der Waals surface area contributed by atoms with Gasteiger partial charge in [-0.25, -0.2) is 14.8 Å². The van der Waals surface area contributed by atoms with Crippen LogP contribution < -0.4 is 10.6 Å². The van der Waals surface area contributed by atoms with Gasteiger partial charge in [0.25, 0.3) is 0 Å². The molecular weight excluding hydrogens is 376 g/mol. The molecule has 1 aliphatic carbocycles. The van der Waals surface area contributed by atoms with Crippen molar-refractivity contribution in [3.63, 3.8) is 0 Å². The van der Waals surface area contributed by atoms with Crippen molar-refractivity contribution in [2.75, 3.05) is 18.4 Å². The molecule has 2 atom stereocenters. The minimum atomic E-state index is -0.378. The molecule has 3 aliphatic rings. The molecule has 2 aromatic rings. The zero-order chi connectivity index (χ0) is 20.9. The Bertz CT molecular complexity index is 1060. The number of hydrogen-bond donors (Lipinski definition) is 2. The topological polar surface area (TPSA) is 82.5 Å². The number of carbonyl (C=O) groups excluding carboxylic acids is 1. The van der Waals surface area contributed by atoms with E-state index >= 15 is 0 Å². The molecule has 30 heavy (non-hydrogen) atoms. The Morgan fingerprint density at radius 2 is 2.00 bits per heavy atom. The van der Waals surface area contributed by atoms with Crippen LogP contribution in [0.4, 0.5) is 10.7 Å². The van der Waals surface area contributed by atoms with Gasteiger partial charge in [0.2, 0.25) is 5.95 Å². The maximum atomic E-state index is 13.1. The highest BCUT2D eigenvalue weighted by molar-refractivity contribution is 6.11. The third-order valence-corrected chi connectivity index (χ3v) is 6.37. The smallest absolute Gasteiger partial charge is 0.318 e. The molecule has 7 nitrogen and oxygen atoms in total. The fourth-order valence-electron chi connectivity index (χ4n) is 4.46. The normalized spacial score (nSPS) is 23.8. The Kier molecular flexibility index (Phi) is 4.34. The number of nitrogens with one attached hydrogen (secondary N) is 2. The average Bonchev–Trinajstić information content (AvgIpc) is 3.27. The standard InChI is InChI=1S/C23H26N6O/c1-14-9-10-24-21(26-14)28-20-17-13-29(23(2,3)18(17)12-25-20)22(30)27-19-11-16(19)15-7-5-4-6-8-15/h4-10,16,19H,11-13H2,1-3H3,(H,27,30)(H,24,25,26,28)/t16-,19?/m1/s1. The molecule has 1 aromatic heterocycles. The summed E-state index contributed by atoms with van der Waals surface area (Å²) in [4.78, 5) is 28.4. The second-order valence-electron chi connectivity index (χ2n) is 8.72. The van der Waals surface area contributed by atoms with E-state index in [1.165, 1.54) is 11.1 Å². The van der Waals surface area contributed by atoms with E-state index in [0.29, 0.717) is 25.0 Å². The molecular formula is C23H26N6O. The summed E-state index contributed by atoms with van der Waals surface area (Å²) in [6.07, 6.45) is 2.72. The van der Waals surface area contributed by atoms with Gasteiger partial charge in [-0.15, -0.1) is 0 Å². The summed E-state index contributed by atoms with van der Waals surface area (Å²) in [7, 11) is 0. The second kappa shape index (κ2) is 6.93. The van der Waals surface area contributed by atoms with E-state index in [2.05, 4.69) is 63.7 Å². The zero-order valence-electron chi connectivity index (χ0n) is 17.5. The Labute approximate surface area is 176 Å². The van der Waals surface area contributed by atoms with Crippen LogP contribution in [0.15, 0.2) is 58.7 Å². The number of aromatic nitrogens is 2. The van der Waals surface area contributed by atoms with E-state index in [0.717, 1.165) is 23.5 Å². The molecule has 1 aromatic carbocycles. The number of aryl methyl sites for hydroxylation is 1. The number of urea groups is 1. The van der Waals surface area contributed by atoms with Gasteiger partial charge >= 0.3 is 6.03 Å². The highest BCUT2D eigenvalue weighted by Crippen LogP contribution is 2.42. The van der Waals surface area contributed by atoms with E-state index in [1.807, 2.05) is 24.0 Å². The first-order chi connectivity index (χ1) is 14.4. The van der Waals surface area contributed by atoms with Crippen molar-refractivity contribution >= 4 is 17.8 Å². The highest BCUT2D eigenvalue weighted by Gasteiger charge is 2.47. The molecule has 2 aliphatic heterocycles. The van der Waals surface area contributed by atoms with E-state index in [1.54, 1.807) is 6.20 Å². The number of hydrogen-bond acceptors (Lipinski definition) is 5. The predicted octanol–water partition coefficient (Wildman–Crippen LogP) is 3.27. The minimum absolute atomic E-state index is 0.0102. The molecule has 7 heteroatoms. The molecule has 154 valence electrons. The lowest BCUT2D eigenvalue weighted by atomic mass is 9.94. The predicted molar refractivity (Wildman–Crippen MR) is 117 cm³/mol. The van der Waals surface area contributed by atoms with Gasteiger partial charge in [-0.05, 0) is 44.4 Å². The number of anilines is 1. The summed E-state index contributed by atoms with van der Waals surface area (Å²) in [5, 5.41) is 6.48. The lowest BCUT2D eigenvalue weighted by Gasteiger charge is -2.34. The maximum Gasteiger partial charge on any atom is 0.318 e. The first kappa shape index (κ1) is 18.8. The number of rotatable bonds is 3. The molecule has 3 heterocycles. The molecule has 0 radical (unpaired) electrons. The van der Waals surface area contributed by atoms with E-state index in [9.17, 15) is 4.79 Å². The molecule has 2 amide bonds. The molecule has 0 bridgehead atoms. The minimum Gasteiger partial charge on any atom is -0.335 e. The summed E-state index contributed by atoms with van der Waals surface area (Å²) in [5.74, 6) is 1.72. The van der Waals surface area contributed by atoms with Gasteiger partial charge in [-0.2, -0.15) is 0 Å². The van der Waals surface area contributed by atoms with Crippen LogP contribution in [-0.2, 0) is 0 Å². The quantitative estimate of drug-likeness (QED) is 0.826. The van der Waals surface area contributed by atoms with Gasteiger partial charge in [0.05, 0.1) is 18.6 Å². The number of benzene rings is 1. The number of amidine groups is 1. The van der Waals surface area contributed by atoms with Crippen LogP contribution in [0.25, 0.3) is 0 Å². The van der Waals surface area contributed by atoms with Crippen LogP contribution in [0.5, 0.6) is 0 Å². The first-order valence-electron chi connectivity index (χ1n) is 10.4. The van der Waals surface area contributed by atoms with Crippen molar-refractivity contribution in [3.05, 3.63) is 65.0 Å². The molecule has 1 fully saturated rings.